The Morgan fingerprint density at radius 2 is 1.54 bits per heavy atom. The molecule has 6 aromatic rings. The number of carbonyl (C=O) groups is 4. The number of hydrogen-bond acceptors (Lipinski definition) is 7. The summed E-state index contributed by atoms with van der Waals surface area (Å²) in [6.07, 6.45) is -0.939. The van der Waals surface area contributed by atoms with Gasteiger partial charge in [-0.15, -0.1) is 22.9 Å². The Kier molecular flexibility index (Phi) is 10.8. The quantitative estimate of drug-likeness (QED) is 0.149. The van der Waals surface area contributed by atoms with Crippen LogP contribution in [0.15, 0.2) is 66.0 Å². The van der Waals surface area contributed by atoms with E-state index in [1.807, 2.05) is 89.4 Å². The standard InChI is InChI=1S/C40H39ClN6O6S.C2H6/c1-22-21-54-35-32(52-38(50)45-11-13-46(14-12-45)39(51)53-40(2,3)4)18-31-34(33(22)35)25(19-41)20-47(31)37(49)30-17-24-15-26(9-10-28(24)44-30)42-36(48)29-16-23-7-5-6-8-27(23)43-29;1-2/h5-10,15-18,21,25,43-44H,11-14,19-20H2,1-4H3,(H,42,48);1-2H3/t25-;/m1./s1. The van der Waals surface area contributed by atoms with E-state index in [-0.39, 0.29) is 17.7 Å². The molecule has 0 radical (unpaired) electrons. The third kappa shape index (κ3) is 7.53. The number of aromatic amines is 2. The van der Waals surface area contributed by atoms with E-state index in [2.05, 4.69) is 15.3 Å². The van der Waals surface area contributed by atoms with Gasteiger partial charge in [-0.1, -0.05) is 32.0 Å². The van der Waals surface area contributed by atoms with Crippen LogP contribution < -0.4 is 15.0 Å². The average molecular weight is 797 g/mol. The second kappa shape index (κ2) is 15.5. The highest BCUT2D eigenvalue weighted by atomic mass is 35.5. The topological polar surface area (TPSA) is 140 Å². The van der Waals surface area contributed by atoms with E-state index in [0.717, 1.165) is 43.0 Å². The van der Waals surface area contributed by atoms with Crippen LogP contribution in [0.4, 0.5) is 21.0 Å². The molecular weight excluding hydrogens is 752 g/mol. The predicted octanol–water partition coefficient (Wildman–Crippen LogP) is 9.49. The lowest BCUT2D eigenvalue weighted by molar-refractivity contribution is 0.0154. The monoisotopic (exact) mass is 796 g/mol. The first-order valence-electron chi connectivity index (χ1n) is 18.8. The summed E-state index contributed by atoms with van der Waals surface area (Å²) >= 11 is 8.03. The second-order valence-corrected chi connectivity index (χ2v) is 15.9. The molecule has 14 heteroatoms. The summed E-state index contributed by atoms with van der Waals surface area (Å²) in [4.78, 5) is 64.7. The lowest BCUT2D eigenvalue weighted by atomic mass is 9.97. The van der Waals surface area contributed by atoms with E-state index in [4.69, 9.17) is 21.1 Å². The fraction of sp³-hybridized carbons (Fsp3) is 0.333. The van der Waals surface area contributed by atoms with Crippen LogP contribution in [-0.2, 0) is 4.74 Å². The molecule has 3 N–H and O–H groups in total. The molecule has 0 unspecified atom stereocenters. The van der Waals surface area contributed by atoms with Gasteiger partial charge in [0, 0.05) is 83.5 Å². The normalized spacial score (nSPS) is 15.5. The third-order valence-electron chi connectivity index (χ3n) is 9.82. The van der Waals surface area contributed by atoms with Gasteiger partial charge in [0.25, 0.3) is 11.8 Å². The Balaban J connectivity index is 0.00000237. The SMILES string of the molecule is CC.Cc1csc2c(OC(=O)N3CCN(C(=O)OC(C)(C)C)CC3)cc3c(c12)[C@H](CCl)CN3C(=O)c1cc2cc(NC(=O)c3cc4ccccc4[nH]3)ccc2[nH]1. The van der Waals surface area contributed by atoms with E-state index in [9.17, 15) is 19.2 Å². The molecule has 3 aromatic carbocycles. The number of thiophene rings is 1. The number of rotatable bonds is 5. The van der Waals surface area contributed by atoms with Gasteiger partial charge < -0.3 is 39.5 Å². The Morgan fingerprint density at radius 1 is 0.875 bits per heavy atom. The highest BCUT2D eigenvalue weighted by Gasteiger charge is 2.37. The molecule has 1 atom stereocenters. The van der Waals surface area contributed by atoms with Gasteiger partial charge in [0.1, 0.15) is 17.0 Å². The molecule has 56 heavy (non-hydrogen) atoms. The number of amides is 4. The fourth-order valence-corrected chi connectivity index (χ4v) is 8.49. The number of nitrogens with one attached hydrogen (secondary N) is 3. The zero-order valence-corrected chi connectivity index (χ0v) is 33.8. The first-order chi connectivity index (χ1) is 26.9. The van der Waals surface area contributed by atoms with Gasteiger partial charge in [0.05, 0.1) is 10.4 Å². The zero-order chi connectivity index (χ0) is 39.9. The number of para-hydroxylation sites is 1. The van der Waals surface area contributed by atoms with Crippen LogP contribution in [-0.4, -0.2) is 88.0 Å². The van der Waals surface area contributed by atoms with Gasteiger partial charge in [-0.3, -0.25) is 9.59 Å². The molecule has 1 saturated heterocycles. The smallest absolute Gasteiger partial charge is 0.415 e. The van der Waals surface area contributed by atoms with E-state index in [1.165, 1.54) is 11.3 Å². The maximum Gasteiger partial charge on any atom is 0.415 e. The number of piperazine rings is 1. The first kappa shape index (κ1) is 38.7. The van der Waals surface area contributed by atoms with Gasteiger partial charge in [-0.05, 0) is 80.6 Å². The van der Waals surface area contributed by atoms with Crippen molar-refractivity contribution in [2.45, 2.75) is 53.1 Å². The number of aromatic nitrogens is 2. The highest BCUT2D eigenvalue weighted by Crippen LogP contribution is 2.49. The second-order valence-electron chi connectivity index (χ2n) is 14.7. The number of H-pyrrole nitrogens is 2. The number of anilines is 2. The maximum absolute atomic E-state index is 14.3. The van der Waals surface area contributed by atoms with Crippen molar-refractivity contribution in [2.75, 3.05) is 48.8 Å². The molecule has 2 aliphatic rings. The number of ether oxygens (including phenoxy) is 2. The van der Waals surface area contributed by atoms with Crippen LogP contribution in [0.2, 0.25) is 0 Å². The molecule has 12 nitrogen and oxygen atoms in total. The molecule has 0 saturated carbocycles. The summed E-state index contributed by atoms with van der Waals surface area (Å²) in [6, 6.07) is 18.5. The fourth-order valence-electron chi connectivity index (χ4n) is 7.22. The van der Waals surface area contributed by atoms with E-state index in [0.29, 0.717) is 67.1 Å². The number of fused-ring (bicyclic) bond motifs is 5. The molecule has 3 aromatic heterocycles. The van der Waals surface area contributed by atoms with Crippen LogP contribution in [0.3, 0.4) is 0 Å². The Bertz CT molecular complexity index is 2440. The van der Waals surface area contributed by atoms with E-state index >= 15 is 0 Å². The van der Waals surface area contributed by atoms with Gasteiger partial charge in [0.15, 0.2) is 5.75 Å². The summed E-state index contributed by atoms with van der Waals surface area (Å²) in [5.74, 6) is -0.00222. The third-order valence-corrected chi connectivity index (χ3v) is 11.3. The van der Waals surface area contributed by atoms with Crippen molar-refractivity contribution >= 4 is 90.2 Å². The zero-order valence-electron chi connectivity index (χ0n) is 32.2. The molecule has 292 valence electrons. The van der Waals surface area contributed by atoms with Gasteiger partial charge in [-0.2, -0.15) is 0 Å². The van der Waals surface area contributed by atoms with Crippen molar-refractivity contribution < 1.29 is 28.7 Å². The van der Waals surface area contributed by atoms with Crippen LogP contribution in [0.5, 0.6) is 5.75 Å². The molecule has 1 fully saturated rings. The maximum atomic E-state index is 14.3. The van der Waals surface area contributed by atoms with Crippen LogP contribution in [0.1, 0.15) is 72.6 Å². The van der Waals surface area contributed by atoms with Crippen molar-refractivity contribution in [3.8, 4) is 5.75 Å². The minimum absolute atomic E-state index is 0.136. The molecule has 4 amide bonds. The van der Waals surface area contributed by atoms with Crippen LogP contribution in [0, 0.1) is 6.92 Å². The van der Waals surface area contributed by atoms with Crippen molar-refractivity contribution in [3.63, 3.8) is 0 Å². The summed E-state index contributed by atoms with van der Waals surface area (Å²) < 4.78 is 12.4. The van der Waals surface area contributed by atoms with Gasteiger partial charge in [0.2, 0.25) is 0 Å². The first-order valence-corrected chi connectivity index (χ1v) is 20.2. The number of nitrogens with zero attached hydrogens (tertiary/aromatic N) is 3. The van der Waals surface area contributed by atoms with Crippen molar-refractivity contribution in [3.05, 3.63) is 88.6 Å². The number of halogens is 1. The van der Waals surface area contributed by atoms with Gasteiger partial charge in [-0.25, -0.2) is 9.59 Å². The summed E-state index contributed by atoms with van der Waals surface area (Å²) in [6.45, 7) is 13.0. The molecule has 8 rings (SSSR count). The lowest BCUT2D eigenvalue weighted by Gasteiger charge is -2.35. The summed E-state index contributed by atoms with van der Waals surface area (Å²) in [5.41, 5.74) is 5.01. The minimum atomic E-state index is -0.612. The Labute approximate surface area is 333 Å². The average Bonchev–Trinajstić information content (AvgIpc) is 3.98. The number of carbonyl (C=O) groups excluding carboxylic acids is 4. The molecule has 2 aliphatic heterocycles. The number of benzene rings is 3. The molecule has 5 heterocycles. The van der Waals surface area contributed by atoms with Crippen molar-refractivity contribution in [2.24, 2.45) is 0 Å². The number of aryl methyl sites for hydroxylation is 1. The molecule has 0 spiro atoms. The number of hydrogen-bond donors (Lipinski definition) is 3. The lowest BCUT2D eigenvalue weighted by Crippen LogP contribution is -2.52. The van der Waals surface area contributed by atoms with Crippen molar-refractivity contribution in [1.82, 2.24) is 19.8 Å². The van der Waals surface area contributed by atoms with Crippen LogP contribution in [0.25, 0.3) is 31.9 Å². The predicted molar refractivity (Wildman–Crippen MR) is 223 cm³/mol. The molecule has 0 aliphatic carbocycles. The summed E-state index contributed by atoms with van der Waals surface area (Å²) in [5, 5.41) is 7.60. The van der Waals surface area contributed by atoms with E-state index < -0.39 is 17.8 Å². The molecular formula is C42H45ClN6O6S. The minimum Gasteiger partial charge on any atom is -0.444 e. The van der Waals surface area contributed by atoms with Crippen molar-refractivity contribution in [1.29, 1.82) is 0 Å². The summed E-state index contributed by atoms with van der Waals surface area (Å²) in [7, 11) is 0. The Hall–Kier alpha value is -5.53. The Morgan fingerprint density at radius 3 is 2.23 bits per heavy atom. The largest absolute Gasteiger partial charge is 0.444 e. The highest BCUT2D eigenvalue weighted by molar-refractivity contribution is 7.17. The van der Waals surface area contributed by atoms with E-state index in [1.54, 1.807) is 32.9 Å². The van der Waals surface area contributed by atoms with Crippen LogP contribution >= 0.6 is 22.9 Å². The number of alkyl halides is 1. The van der Waals surface area contributed by atoms with Gasteiger partial charge >= 0.3 is 12.2 Å². The molecule has 0 bridgehead atoms.